The molecule has 2 aromatic rings. The number of hydrogen-bond donors (Lipinski definition) is 2. The molecular weight excluding hydrogens is 463 g/mol. The second kappa shape index (κ2) is 12.0. The molecular formula is C21H31IN6. The summed E-state index contributed by atoms with van der Waals surface area (Å²) in [6, 6.07) is 10.8. The second-order valence-electron chi connectivity index (χ2n) is 7.07. The van der Waals surface area contributed by atoms with Crippen molar-refractivity contribution in [3.05, 3.63) is 59.7 Å². The number of aromatic nitrogens is 2. The van der Waals surface area contributed by atoms with E-state index in [4.69, 9.17) is 0 Å². The van der Waals surface area contributed by atoms with Crippen LogP contribution >= 0.6 is 24.0 Å². The average molecular weight is 494 g/mol. The molecule has 2 N–H and O–H groups in total. The smallest absolute Gasteiger partial charge is 0.191 e. The first-order chi connectivity index (χ1) is 13.2. The SMILES string of the molecule is CN=C(NCCc1ccc(C)nc1)NC1CCN(Cc2ccccn2)CC1.I. The minimum atomic E-state index is 0. The molecule has 0 saturated carbocycles. The molecule has 7 heteroatoms. The Hall–Kier alpha value is -1.74. The van der Waals surface area contributed by atoms with Gasteiger partial charge in [-0.2, -0.15) is 0 Å². The molecule has 3 heterocycles. The monoisotopic (exact) mass is 494 g/mol. The van der Waals surface area contributed by atoms with Gasteiger partial charge in [-0.05, 0) is 49.9 Å². The van der Waals surface area contributed by atoms with E-state index in [1.807, 2.05) is 32.4 Å². The van der Waals surface area contributed by atoms with Crippen molar-refractivity contribution in [1.82, 2.24) is 25.5 Å². The van der Waals surface area contributed by atoms with Gasteiger partial charge in [0.1, 0.15) is 0 Å². The van der Waals surface area contributed by atoms with Crippen LogP contribution in [0.25, 0.3) is 0 Å². The summed E-state index contributed by atoms with van der Waals surface area (Å²) >= 11 is 0. The van der Waals surface area contributed by atoms with Crippen molar-refractivity contribution >= 4 is 29.9 Å². The van der Waals surface area contributed by atoms with Crippen LogP contribution in [0.15, 0.2) is 47.7 Å². The summed E-state index contributed by atoms with van der Waals surface area (Å²) in [5.74, 6) is 0.887. The lowest BCUT2D eigenvalue weighted by molar-refractivity contribution is 0.196. The van der Waals surface area contributed by atoms with Crippen LogP contribution in [0, 0.1) is 6.92 Å². The zero-order valence-electron chi connectivity index (χ0n) is 16.8. The van der Waals surface area contributed by atoms with Gasteiger partial charge in [0, 0.05) is 57.4 Å². The highest BCUT2D eigenvalue weighted by Crippen LogP contribution is 2.12. The summed E-state index contributed by atoms with van der Waals surface area (Å²) in [5, 5.41) is 6.98. The third kappa shape index (κ3) is 7.35. The van der Waals surface area contributed by atoms with E-state index in [0.29, 0.717) is 6.04 Å². The number of guanidine groups is 1. The summed E-state index contributed by atoms with van der Waals surface area (Å²) in [7, 11) is 1.83. The largest absolute Gasteiger partial charge is 0.356 e. The third-order valence-electron chi connectivity index (χ3n) is 4.94. The van der Waals surface area contributed by atoms with E-state index in [-0.39, 0.29) is 24.0 Å². The highest BCUT2D eigenvalue weighted by molar-refractivity contribution is 14.0. The quantitative estimate of drug-likeness (QED) is 0.368. The molecule has 6 nitrogen and oxygen atoms in total. The molecule has 1 aliphatic rings. The standard InChI is InChI=1S/C21H30N6.HI/c1-17-6-7-18(15-25-17)8-12-24-21(22-2)26-19-9-13-27(14-10-19)16-20-5-3-4-11-23-20;/h3-7,11,15,19H,8-10,12-14,16H2,1-2H3,(H2,22,24,26);1H. The molecule has 0 radical (unpaired) electrons. The highest BCUT2D eigenvalue weighted by Gasteiger charge is 2.20. The highest BCUT2D eigenvalue weighted by atomic mass is 127. The first kappa shape index (κ1) is 22.5. The van der Waals surface area contributed by atoms with Gasteiger partial charge in [-0.3, -0.25) is 19.9 Å². The molecule has 1 aliphatic heterocycles. The van der Waals surface area contributed by atoms with Crippen LogP contribution < -0.4 is 10.6 Å². The zero-order chi connectivity index (χ0) is 18.9. The number of nitrogens with one attached hydrogen (secondary N) is 2. The first-order valence-corrected chi connectivity index (χ1v) is 9.74. The maximum Gasteiger partial charge on any atom is 0.191 e. The number of nitrogens with zero attached hydrogens (tertiary/aromatic N) is 4. The van der Waals surface area contributed by atoms with Gasteiger partial charge >= 0.3 is 0 Å². The molecule has 152 valence electrons. The molecule has 2 aromatic heterocycles. The van der Waals surface area contributed by atoms with E-state index >= 15 is 0 Å². The molecule has 0 atom stereocenters. The van der Waals surface area contributed by atoms with E-state index < -0.39 is 0 Å². The Balaban J connectivity index is 0.00000280. The molecule has 0 bridgehead atoms. The topological polar surface area (TPSA) is 65.4 Å². The zero-order valence-corrected chi connectivity index (χ0v) is 19.1. The van der Waals surface area contributed by atoms with Gasteiger partial charge < -0.3 is 10.6 Å². The van der Waals surface area contributed by atoms with Crippen LogP contribution in [0.4, 0.5) is 0 Å². The molecule has 0 amide bonds. The number of aliphatic imine (C=N–C) groups is 1. The maximum atomic E-state index is 4.43. The predicted octanol–water partition coefficient (Wildman–Crippen LogP) is 2.78. The number of halogens is 1. The molecule has 28 heavy (non-hydrogen) atoms. The second-order valence-corrected chi connectivity index (χ2v) is 7.07. The maximum absolute atomic E-state index is 4.43. The van der Waals surface area contributed by atoms with Crippen molar-refractivity contribution in [2.75, 3.05) is 26.7 Å². The summed E-state index contributed by atoms with van der Waals surface area (Å²) in [6.07, 6.45) is 7.00. The number of pyridine rings is 2. The number of hydrogen-bond acceptors (Lipinski definition) is 4. The number of rotatable bonds is 6. The van der Waals surface area contributed by atoms with Crippen molar-refractivity contribution in [2.24, 2.45) is 4.99 Å². The minimum absolute atomic E-state index is 0. The lowest BCUT2D eigenvalue weighted by Crippen LogP contribution is -2.48. The van der Waals surface area contributed by atoms with Crippen LogP contribution in [-0.4, -0.2) is 53.6 Å². The lowest BCUT2D eigenvalue weighted by Gasteiger charge is -2.32. The van der Waals surface area contributed by atoms with Gasteiger partial charge in [-0.1, -0.05) is 12.1 Å². The van der Waals surface area contributed by atoms with Gasteiger partial charge in [0.15, 0.2) is 5.96 Å². The molecule has 0 aromatic carbocycles. The summed E-state index contributed by atoms with van der Waals surface area (Å²) in [6.45, 7) is 5.96. The Kier molecular flexibility index (Phi) is 9.63. The minimum Gasteiger partial charge on any atom is -0.356 e. The van der Waals surface area contributed by atoms with Crippen molar-refractivity contribution in [3.8, 4) is 0 Å². The Morgan fingerprint density at radius 3 is 2.64 bits per heavy atom. The Morgan fingerprint density at radius 2 is 2.00 bits per heavy atom. The number of aryl methyl sites for hydroxylation is 1. The van der Waals surface area contributed by atoms with E-state index in [1.54, 1.807) is 0 Å². The fourth-order valence-corrected chi connectivity index (χ4v) is 3.32. The van der Waals surface area contributed by atoms with Crippen molar-refractivity contribution < 1.29 is 0 Å². The summed E-state index contributed by atoms with van der Waals surface area (Å²) in [5.41, 5.74) is 3.44. The summed E-state index contributed by atoms with van der Waals surface area (Å²) < 4.78 is 0. The van der Waals surface area contributed by atoms with Gasteiger partial charge in [0.2, 0.25) is 0 Å². The fourth-order valence-electron chi connectivity index (χ4n) is 3.32. The number of piperidine rings is 1. The molecule has 1 fully saturated rings. The lowest BCUT2D eigenvalue weighted by atomic mass is 10.0. The van der Waals surface area contributed by atoms with Crippen molar-refractivity contribution in [1.29, 1.82) is 0 Å². The van der Waals surface area contributed by atoms with Gasteiger partial charge in [-0.15, -0.1) is 24.0 Å². The Labute approximate surface area is 185 Å². The molecule has 0 spiro atoms. The van der Waals surface area contributed by atoms with Gasteiger partial charge in [0.25, 0.3) is 0 Å². The van der Waals surface area contributed by atoms with E-state index in [9.17, 15) is 0 Å². The molecule has 0 aliphatic carbocycles. The van der Waals surface area contributed by atoms with Crippen LogP contribution in [0.3, 0.4) is 0 Å². The van der Waals surface area contributed by atoms with Crippen LogP contribution in [-0.2, 0) is 13.0 Å². The molecule has 0 unspecified atom stereocenters. The predicted molar refractivity (Wildman–Crippen MR) is 125 cm³/mol. The van der Waals surface area contributed by atoms with Crippen molar-refractivity contribution in [3.63, 3.8) is 0 Å². The molecule has 3 rings (SSSR count). The van der Waals surface area contributed by atoms with Gasteiger partial charge in [-0.25, -0.2) is 0 Å². The Bertz CT molecular complexity index is 711. The average Bonchev–Trinajstić information content (AvgIpc) is 2.71. The van der Waals surface area contributed by atoms with Crippen molar-refractivity contribution in [2.45, 2.75) is 38.8 Å². The van der Waals surface area contributed by atoms with E-state index in [0.717, 1.165) is 62.8 Å². The normalized spacial score (nSPS) is 15.7. The fraction of sp³-hybridized carbons (Fsp3) is 0.476. The third-order valence-corrected chi connectivity index (χ3v) is 4.94. The van der Waals surface area contributed by atoms with E-state index in [2.05, 4.69) is 54.8 Å². The van der Waals surface area contributed by atoms with Crippen LogP contribution in [0.2, 0.25) is 0 Å². The van der Waals surface area contributed by atoms with Gasteiger partial charge in [0.05, 0.1) is 5.69 Å². The summed E-state index contributed by atoms with van der Waals surface area (Å²) in [4.78, 5) is 15.6. The van der Waals surface area contributed by atoms with Crippen LogP contribution in [0.1, 0.15) is 29.8 Å². The number of likely N-dealkylation sites (tertiary alicyclic amines) is 1. The Morgan fingerprint density at radius 1 is 1.18 bits per heavy atom. The van der Waals surface area contributed by atoms with Crippen LogP contribution in [0.5, 0.6) is 0 Å². The first-order valence-electron chi connectivity index (χ1n) is 9.74. The molecule has 1 saturated heterocycles. The van der Waals surface area contributed by atoms with E-state index in [1.165, 1.54) is 5.56 Å².